The average molecular weight is 490 g/mol. The number of nitrogens with one attached hydrogen (secondary N) is 2. The summed E-state index contributed by atoms with van der Waals surface area (Å²) in [5.74, 6) is -0.482. The zero-order chi connectivity index (χ0) is 22.5. The van der Waals surface area contributed by atoms with Gasteiger partial charge in [-0.2, -0.15) is 0 Å². The van der Waals surface area contributed by atoms with Gasteiger partial charge >= 0.3 is 0 Å². The third kappa shape index (κ3) is 5.56. The molecule has 0 spiro atoms. The number of carbonyl (C=O) groups is 2. The van der Waals surface area contributed by atoms with Crippen LogP contribution in [0.3, 0.4) is 0 Å². The average Bonchev–Trinajstić information content (AvgIpc) is 3.28. The molecule has 0 radical (unpaired) electrons. The number of halogens is 2. The summed E-state index contributed by atoms with van der Waals surface area (Å²) in [5, 5.41) is 9.35. The first-order valence-electron chi connectivity index (χ1n) is 10.1. The number of pyridine rings is 1. The van der Waals surface area contributed by atoms with Crippen LogP contribution in [-0.2, 0) is 11.3 Å². The van der Waals surface area contributed by atoms with Crippen LogP contribution < -0.4 is 10.6 Å². The Labute approximate surface area is 199 Å². The lowest BCUT2D eigenvalue weighted by Gasteiger charge is -2.31. The molecule has 2 aromatic heterocycles. The molecular formula is C22H21Cl2N5O2S. The zero-order valence-electron chi connectivity index (χ0n) is 17.1. The molecule has 10 heteroatoms. The van der Waals surface area contributed by atoms with Gasteiger partial charge in [-0.1, -0.05) is 29.3 Å². The number of piperidine rings is 1. The van der Waals surface area contributed by atoms with Gasteiger partial charge < -0.3 is 15.5 Å². The predicted molar refractivity (Wildman–Crippen MR) is 127 cm³/mol. The Bertz CT molecular complexity index is 1110. The summed E-state index contributed by atoms with van der Waals surface area (Å²) < 4.78 is 0. The van der Waals surface area contributed by atoms with Crippen molar-refractivity contribution in [2.45, 2.75) is 19.4 Å². The number of hydrogen-bond acceptors (Lipinski definition) is 6. The first-order valence-corrected chi connectivity index (χ1v) is 11.8. The molecule has 0 bridgehead atoms. The van der Waals surface area contributed by atoms with E-state index in [4.69, 9.17) is 23.2 Å². The summed E-state index contributed by atoms with van der Waals surface area (Å²) in [6.07, 6.45) is 4.93. The molecule has 1 saturated heterocycles. The molecule has 1 atom stereocenters. The number of rotatable bonds is 6. The molecule has 2 amide bonds. The Morgan fingerprint density at radius 1 is 1.25 bits per heavy atom. The fourth-order valence-corrected chi connectivity index (χ4v) is 4.55. The van der Waals surface area contributed by atoms with Crippen LogP contribution in [0.1, 0.15) is 28.9 Å². The van der Waals surface area contributed by atoms with Crippen molar-refractivity contribution in [3.63, 3.8) is 0 Å². The molecule has 1 aromatic carbocycles. The molecule has 1 aliphatic heterocycles. The van der Waals surface area contributed by atoms with E-state index in [1.54, 1.807) is 40.9 Å². The highest BCUT2D eigenvalue weighted by Crippen LogP contribution is 2.30. The second-order valence-corrected chi connectivity index (χ2v) is 9.16. The van der Waals surface area contributed by atoms with Gasteiger partial charge in [-0.3, -0.25) is 14.6 Å². The number of hydrogen-bond donors (Lipinski definition) is 2. The van der Waals surface area contributed by atoms with Crippen molar-refractivity contribution in [1.82, 2.24) is 20.2 Å². The molecule has 32 heavy (non-hydrogen) atoms. The molecule has 1 aliphatic rings. The summed E-state index contributed by atoms with van der Waals surface area (Å²) >= 11 is 13.5. The van der Waals surface area contributed by atoms with Gasteiger partial charge in [0.1, 0.15) is 5.69 Å². The smallest absolute Gasteiger partial charge is 0.273 e. The van der Waals surface area contributed by atoms with Gasteiger partial charge in [0.05, 0.1) is 16.6 Å². The first-order chi connectivity index (χ1) is 15.5. The maximum Gasteiger partial charge on any atom is 0.273 e. The van der Waals surface area contributed by atoms with Crippen LogP contribution in [0.5, 0.6) is 0 Å². The third-order valence-electron chi connectivity index (χ3n) is 5.16. The van der Waals surface area contributed by atoms with Gasteiger partial charge in [0, 0.05) is 42.4 Å². The number of amides is 2. The lowest BCUT2D eigenvalue weighted by atomic mass is 9.97. The molecule has 0 unspecified atom stereocenters. The Balaban J connectivity index is 1.36. The van der Waals surface area contributed by atoms with E-state index < -0.39 is 0 Å². The minimum Gasteiger partial charge on any atom is -0.352 e. The zero-order valence-corrected chi connectivity index (χ0v) is 19.4. The van der Waals surface area contributed by atoms with E-state index in [-0.39, 0.29) is 17.7 Å². The maximum absolute atomic E-state index is 13.0. The monoisotopic (exact) mass is 489 g/mol. The number of likely N-dealkylation sites (tertiary alicyclic amines) is 1. The van der Waals surface area contributed by atoms with Crippen LogP contribution in [0, 0.1) is 5.92 Å². The molecule has 7 nitrogen and oxygen atoms in total. The maximum atomic E-state index is 13.0. The van der Waals surface area contributed by atoms with Gasteiger partial charge in [-0.05, 0) is 42.7 Å². The van der Waals surface area contributed by atoms with Crippen molar-refractivity contribution in [2.75, 3.05) is 18.4 Å². The van der Waals surface area contributed by atoms with E-state index in [1.807, 2.05) is 12.1 Å². The summed E-state index contributed by atoms with van der Waals surface area (Å²) in [5.41, 5.74) is 1.90. The Morgan fingerprint density at radius 2 is 2.12 bits per heavy atom. The van der Waals surface area contributed by atoms with Crippen molar-refractivity contribution in [3.05, 3.63) is 69.4 Å². The molecular weight excluding hydrogens is 469 g/mol. The topological polar surface area (TPSA) is 87.2 Å². The van der Waals surface area contributed by atoms with E-state index in [1.165, 1.54) is 11.3 Å². The highest BCUT2D eigenvalue weighted by molar-refractivity contribution is 7.14. The number of nitrogens with zero attached hydrogens (tertiary/aromatic N) is 3. The number of carbonyl (C=O) groups excluding carboxylic acids is 2. The van der Waals surface area contributed by atoms with Crippen LogP contribution in [-0.4, -0.2) is 39.8 Å². The second-order valence-electron chi connectivity index (χ2n) is 7.46. The number of thiazole rings is 1. The molecule has 3 aromatic rings. The lowest BCUT2D eigenvalue weighted by molar-refractivity contribution is -0.126. The standard InChI is InChI=1S/C22H21Cl2N5O2S/c23-16-5-6-17(24)18(9-16)27-22-28-19(13-32-22)21(31)29-8-2-4-15(12-29)20(30)26-11-14-3-1-7-25-10-14/h1,3,5-7,9-10,13,15H,2,4,8,11-12H2,(H,26,30)(H,27,28)/t15-/m1/s1. The normalized spacial score (nSPS) is 15.9. The molecule has 166 valence electrons. The largest absolute Gasteiger partial charge is 0.352 e. The minimum atomic E-state index is -0.245. The molecule has 1 fully saturated rings. The van der Waals surface area contributed by atoms with E-state index in [0.29, 0.717) is 46.2 Å². The Kier molecular flexibility index (Phi) is 7.24. The fourth-order valence-electron chi connectivity index (χ4n) is 3.51. The summed E-state index contributed by atoms with van der Waals surface area (Å²) in [6.45, 7) is 1.40. The first kappa shape index (κ1) is 22.5. The highest BCUT2D eigenvalue weighted by Gasteiger charge is 2.29. The van der Waals surface area contributed by atoms with E-state index in [9.17, 15) is 9.59 Å². The molecule has 0 saturated carbocycles. The van der Waals surface area contributed by atoms with E-state index in [0.717, 1.165) is 18.4 Å². The van der Waals surface area contributed by atoms with Gasteiger partial charge in [0.15, 0.2) is 5.13 Å². The van der Waals surface area contributed by atoms with Crippen LogP contribution in [0.4, 0.5) is 10.8 Å². The number of benzene rings is 1. The van der Waals surface area contributed by atoms with Crippen LogP contribution in [0.25, 0.3) is 0 Å². The van der Waals surface area contributed by atoms with Crippen molar-refractivity contribution in [3.8, 4) is 0 Å². The molecule has 2 N–H and O–H groups in total. The van der Waals surface area contributed by atoms with Crippen molar-refractivity contribution in [1.29, 1.82) is 0 Å². The van der Waals surface area contributed by atoms with Gasteiger partial charge in [0.25, 0.3) is 5.91 Å². The molecule has 4 rings (SSSR count). The SMILES string of the molecule is O=C(NCc1cccnc1)[C@@H]1CCCN(C(=O)c2csc(Nc3cc(Cl)ccc3Cl)n2)C1. The Morgan fingerprint density at radius 3 is 2.94 bits per heavy atom. The van der Waals surface area contributed by atoms with Crippen LogP contribution in [0.15, 0.2) is 48.1 Å². The van der Waals surface area contributed by atoms with E-state index >= 15 is 0 Å². The number of aromatic nitrogens is 2. The molecule has 3 heterocycles. The molecule has 0 aliphatic carbocycles. The predicted octanol–water partition coefficient (Wildman–Crippen LogP) is 4.76. The Hall–Kier alpha value is -2.68. The van der Waals surface area contributed by atoms with Gasteiger partial charge in [-0.15, -0.1) is 11.3 Å². The quantitative estimate of drug-likeness (QED) is 0.521. The second kappa shape index (κ2) is 10.3. The lowest BCUT2D eigenvalue weighted by Crippen LogP contribution is -2.45. The number of anilines is 2. The van der Waals surface area contributed by atoms with E-state index in [2.05, 4.69) is 20.6 Å². The van der Waals surface area contributed by atoms with Crippen molar-refractivity contribution < 1.29 is 9.59 Å². The van der Waals surface area contributed by atoms with Gasteiger partial charge in [-0.25, -0.2) is 4.98 Å². The van der Waals surface area contributed by atoms with Crippen LogP contribution in [0.2, 0.25) is 10.0 Å². The summed E-state index contributed by atoms with van der Waals surface area (Å²) in [6, 6.07) is 8.84. The third-order valence-corrected chi connectivity index (χ3v) is 6.48. The van der Waals surface area contributed by atoms with Crippen LogP contribution >= 0.6 is 34.5 Å². The minimum absolute atomic E-state index is 0.0532. The van der Waals surface area contributed by atoms with Gasteiger partial charge in [0.2, 0.25) is 5.91 Å². The summed E-state index contributed by atoms with van der Waals surface area (Å²) in [4.78, 5) is 35.8. The highest BCUT2D eigenvalue weighted by atomic mass is 35.5. The van der Waals surface area contributed by atoms with Crippen molar-refractivity contribution in [2.24, 2.45) is 5.92 Å². The summed E-state index contributed by atoms with van der Waals surface area (Å²) in [7, 11) is 0. The van der Waals surface area contributed by atoms with Crippen molar-refractivity contribution >= 4 is 57.2 Å². The fraction of sp³-hybridized carbons (Fsp3) is 0.273.